The van der Waals surface area contributed by atoms with Gasteiger partial charge in [0.2, 0.25) is 10.0 Å². The number of aromatic nitrogens is 1. The summed E-state index contributed by atoms with van der Waals surface area (Å²) in [6, 6.07) is 1.40. The lowest BCUT2D eigenvalue weighted by Crippen LogP contribution is -2.28. The standard InChI is InChI=1S/C9H13ClN2O3S2/c1-2-16(13)6-5-12-17(14,15)9-7-11-4-3-8(9)10/h3-4,7,12H,2,5-6H2,1H3. The van der Waals surface area contributed by atoms with Gasteiger partial charge in [-0.15, -0.1) is 0 Å². The zero-order chi connectivity index (χ0) is 12.9. The van der Waals surface area contributed by atoms with Gasteiger partial charge in [-0.25, -0.2) is 13.1 Å². The van der Waals surface area contributed by atoms with Gasteiger partial charge in [0.25, 0.3) is 0 Å². The quantitative estimate of drug-likeness (QED) is 0.842. The molecule has 0 spiro atoms. The van der Waals surface area contributed by atoms with Crippen LogP contribution in [0.1, 0.15) is 6.92 Å². The monoisotopic (exact) mass is 296 g/mol. The van der Waals surface area contributed by atoms with Crippen LogP contribution >= 0.6 is 11.6 Å². The molecule has 1 N–H and O–H groups in total. The van der Waals surface area contributed by atoms with Crippen molar-refractivity contribution in [2.45, 2.75) is 11.8 Å². The largest absolute Gasteiger partial charge is 0.263 e. The Morgan fingerprint density at radius 1 is 1.53 bits per heavy atom. The summed E-state index contributed by atoms with van der Waals surface area (Å²) in [6.45, 7) is 1.90. The van der Waals surface area contributed by atoms with E-state index in [0.717, 1.165) is 0 Å². The van der Waals surface area contributed by atoms with Crippen molar-refractivity contribution in [3.63, 3.8) is 0 Å². The van der Waals surface area contributed by atoms with Gasteiger partial charge in [0, 0.05) is 41.2 Å². The van der Waals surface area contributed by atoms with E-state index < -0.39 is 20.8 Å². The Hall–Kier alpha value is -0.500. The summed E-state index contributed by atoms with van der Waals surface area (Å²) in [4.78, 5) is 3.64. The third-order valence-corrected chi connectivity index (χ3v) is 5.20. The van der Waals surface area contributed by atoms with E-state index in [1.54, 1.807) is 6.92 Å². The van der Waals surface area contributed by atoms with Gasteiger partial charge >= 0.3 is 0 Å². The van der Waals surface area contributed by atoms with Gasteiger partial charge in [0.1, 0.15) is 4.90 Å². The van der Waals surface area contributed by atoms with Crippen molar-refractivity contribution in [2.24, 2.45) is 0 Å². The summed E-state index contributed by atoms with van der Waals surface area (Å²) >= 11 is 5.76. The van der Waals surface area contributed by atoms with Crippen molar-refractivity contribution in [3.05, 3.63) is 23.5 Å². The van der Waals surface area contributed by atoms with Crippen LogP contribution in [0, 0.1) is 0 Å². The second-order valence-electron chi connectivity index (χ2n) is 3.14. The van der Waals surface area contributed by atoms with E-state index in [2.05, 4.69) is 9.71 Å². The first-order chi connectivity index (χ1) is 7.97. The van der Waals surface area contributed by atoms with E-state index in [0.29, 0.717) is 5.75 Å². The molecule has 0 saturated carbocycles. The van der Waals surface area contributed by atoms with Gasteiger partial charge in [0.05, 0.1) is 5.02 Å². The smallest absolute Gasteiger partial charge is 0.243 e. The van der Waals surface area contributed by atoms with Crippen LogP contribution in [0.2, 0.25) is 5.02 Å². The predicted molar refractivity (Wildman–Crippen MR) is 68.0 cm³/mol. The Balaban J connectivity index is 2.70. The highest BCUT2D eigenvalue weighted by Gasteiger charge is 2.17. The minimum Gasteiger partial charge on any atom is -0.263 e. The zero-order valence-electron chi connectivity index (χ0n) is 9.22. The van der Waals surface area contributed by atoms with E-state index in [1.807, 2.05) is 0 Å². The Kier molecular flexibility index (Phi) is 5.51. The molecule has 0 saturated heterocycles. The molecule has 0 radical (unpaired) electrons. The molecule has 5 nitrogen and oxygen atoms in total. The number of nitrogens with zero attached hydrogens (tertiary/aromatic N) is 1. The lowest BCUT2D eigenvalue weighted by Gasteiger charge is -2.07. The SMILES string of the molecule is CCS(=O)CCNS(=O)(=O)c1cnccc1Cl. The van der Waals surface area contributed by atoms with Crippen molar-refractivity contribution in [3.8, 4) is 0 Å². The van der Waals surface area contributed by atoms with Crippen LogP contribution in [-0.4, -0.2) is 35.7 Å². The average Bonchev–Trinajstić information content (AvgIpc) is 2.28. The Morgan fingerprint density at radius 3 is 2.82 bits per heavy atom. The topological polar surface area (TPSA) is 76.1 Å². The fourth-order valence-electron chi connectivity index (χ4n) is 1.07. The van der Waals surface area contributed by atoms with E-state index in [4.69, 9.17) is 11.6 Å². The van der Waals surface area contributed by atoms with Crippen LogP contribution in [-0.2, 0) is 20.8 Å². The van der Waals surface area contributed by atoms with Crippen molar-refractivity contribution in [1.29, 1.82) is 0 Å². The minimum atomic E-state index is -3.67. The van der Waals surface area contributed by atoms with Crippen molar-refractivity contribution in [2.75, 3.05) is 18.1 Å². The number of rotatable bonds is 6. The van der Waals surface area contributed by atoms with Crippen LogP contribution in [0.25, 0.3) is 0 Å². The van der Waals surface area contributed by atoms with Crippen molar-refractivity contribution in [1.82, 2.24) is 9.71 Å². The Labute approximate surface area is 108 Å². The van der Waals surface area contributed by atoms with Gasteiger partial charge in [-0.1, -0.05) is 18.5 Å². The van der Waals surface area contributed by atoms with Gasteiger partial charge < -0.3 is 0 Å². The second-order valence-corrected chi connectivity index (χ2v) is 7.14. The molecule has 0 bridgehead atoms. The summed E-state index contributed by atoms with van der Waals surface area (Å²) in [5, 5.41) is 0.115. The van der Waals surface area contributed by atoms with E-state index >= 15 is 0 Å². The van der Waals surface area contributed by atoms with E-state index in [-0.39, 0.29) is 22.2 Å². The third kappa shape index (κ3) is 4.34. The first-order valence-corrected chi connectivity index (χ1v) is 8.26. The van der Waals surface area contributed by atoms with Crippen LogP contribution in [0.5, 0.6) is 0 Å². The molecule has 0 amide bonds. The number of hydrogen-bond donors (Lipinski definition) is 1. The second kappa shape index (κ2) is 6.44. The van der Waals surface area contributed by atoms with E-state index in [1.165, 1.54) is 18.5 Å². The third-order valence-electron chi connectivity index (χ3n) is 1.97. The molecular weight excluding hydrogens is 284 g/mol. The fourth-order valence-corrected chi connectivity index (χ4v) is 3.28. The highest BCUT2D eigenvalue weighted by Crippen LogP contribution is 2.18. The average molecular weight is 297 g/mol. The van der Waals surface area contributed by atoms with Crippen LogP contribution < -0.4 is 4.72 Å². The molecule has 0 aromatic carbocycles. The first kappa shape index (κ1) is 14.6. The highest BCUT2D eigenvalue weighted by atomic mass is 35.5. The molecule has 0 aliphatic rings. The van der Waals surface area contributed by atoms with Crippen molar-refractivity contribution < 1.29 is 12.6 Å². The Morgan fingerprint density at radius 2 is 2.24 bits per heavy atom. The molecular formula is C9H13ClN2O3S2. The molecule has 1 unspecified atom stereocenters. The minimum absolute atomic E-state index is 0.0658. The van der Waals surface area contributed by atoms with Gasteiger partial charge in [-0.05, 0) is 6.07 Å². The number of halogens is 1. The fraction of sp³-hybridized carbons (Fsp3) is 0.444. The van der Waals surface area contributed by atoms with Crippen molar-refractivity contribution >= 4 is 32.4 Å². The summed E-state index contributed by atoms with van der Waals surface area (Å²) in [7, 11) is -4.67. The zero-order valence-corrected chi connectivity index (χ0v) is 11.6. The lowest BCUT2D eigenvalue weighted by atomic mass is 10.5. The van der Waals surface area contributed by atoms with Crippen LogP contribution in [0.3, 0.4) is 0 Å². The summed E-state index contributed by atoms with van der Waals surface area (Å²) < 4.78 is 37.1. The maximum Gasteiger partial charge on any atom is 0.243 e. The van der Waals surface area contributed by atoms with Gasteiger partial charge in [-0.3, -0.25) is 9.19 Å². The summed E-state index contributed by atoms with van der Waals surface area (Å²) in [5.74, 6) is 0.795. The lowest BCUT2D eigenvalue weighted by molar-refractivity contribution is 0.583. The molecule has 0 aliphatic heterocycles. The number of sulfonamides is 1. The molecule has 1 aromatic heterocycles. The highest BCUT2D eigenvalue weighted by molar-refractivity contribution is 7.89. The first-order valence-electron chi connectivity index (χ1n) is 4.91. The summed E-state index contributed by atoms with van der Waals surface area (Å²) in [6.07, 6.45) is 2.59. The molecule has 1 atom stereocenters. The number of pyridine rings is 1. The molecule has 0 aliphatic carbocycles. The molecule has 17 heavy (non-hydrogen) atoms. The molecule has 96 valence electrons. The molecule has 1 heterocycles. The van der Waals surface area contributed by atoms with Gasteiger partial charge in [-0.2, -0.15) is 0 Å². The Bertz CT molecular complexity index is 505. The maximum atomic E-state index is 11.8. The number of nitrogens with one attached hydrogen (secondary N) is 1. The molecule has 0 fully saturated rings. The maximum absolute atomic E-state index is 11.8. The normalized spacial score (nSPS) is 13.5. The number of hydrogen-bond acceptors (Lipinski definition) is 4. The molecule has 8 heteroatoms. The summed E-state index contributed by atoms with van der Waals surface area (Å²) in [5.41, 5.74) is 0. The molecule has 1 rings (SSSR count). The molecule has 1 aromatic rings. The predicted octanol–water partition coefficient (Wildman–Crippen LogP) is 0.782. The van der Waals surface area contributed by atoms with E-state index in [9.17, 15) is 12.6 Å². The van der Waals surface area contributed by atoms with Crippen LogP contribution in [0.4, 0.5) is 0 Å². The van der Waals surface area contributed by atoms with Crippen LogP contribution in [0.15, 0.2) is 23.4 Å². The van der Waals surface area contributed by atoms with Gasteiger partial charge in [0.15, 0.2) is 0 Å².